The summed E-state index contributed by atoms with van der Waals surface area (Å²) < 4.78 is 0. The second kappa shape index (κ2) is 9.73. The van der Waals surface area contributed by atoms with Crippen LogP contribution < -0.4 is 5.32 Å². The van der Waals surface area contributed by atoms with Crippen molar-refractivity contribution in [3.63, 3.8) is 0 Å². The molecule has 1 aliphatic heterocycles. The van der Waals surface area contributed by atoms with Crippen molar-refractivity contribution in [1.82, 2.24) is 15.1 Å². The molecular formula is C16H35N3. The maximum absolute atomic E-state index is 3.68. The first-order chi connectivity index (χ1) is 9.19. The number of nitrogens with zero attached hydrogens (tertiary/aromatic N) is 2. The van der Waals surface area contributed by atoms with E-state index in [1.807, 2.05) is 0 Å². The molecule has 0 aromatic carbocycles. The molecule has 1 N–H and O–H groups in total. The highest BCUT2D eigenvalue weighted by atomic mass is 15.2. The first-order valence-corrected chi connectivity index (χ1v) is 8.37. The molecule has 0 radical (unpaired) electrons. The molecule has 1 fully saturated rings. The van der Waals surface area contributed by atoms with Crippen molar-refractivity contribution in [2.75, 3.05) is 45.8 Å². The summed E-state index contributed by atoms with van der Waals surface area (Å²) >= 11 is 0. The topological polar surface area (TPSA) is 18.5 Å². The Morgan fingerprint density at radius 3 is 2.21 bits per heavy atom. The molecule has 2 atom stereocenters. The molecule has 114 valence electrons. The number of hydrogen-bond donors (Lipinski definition) is 1. The van der Waals surface area contributed by atoms with Crippen LogP contribution in [-0.4, -0.2) is 61.7 Å². The minimum atomic E-state index is 0.720. The number of rotatable bonds is 9. The summed E-state index contributed by atoms with van der Waals surface area (Å²) in [6.45, 7) is 17.7. The monoisotopic (exact) mass is 269 g/mol. The van der Waals surface area contributed by atoms with Gasteiger partial charge in [0.25, 0.3) is 0 Å². The van der Waals surface area contributed by atoms with Crippen LogP contribution in [0.5, 0.6) is 0 Å². The highest BCUT2D eigenvalue weighted by molar-refractivity contribution is 4.79. The highest BCUT2D eigenvalue weighted by Gasteiger charge is 2.19. The van der Waals surface area contributed by atoms with Crippen molar-refractivity contribution in [2.45, 2.75) is 53.0 Å². The van der Waals surface area contributed by atoms with Gasteiger partial charge in [-0.05, 0) is 64.4 Å². The number of piperidine rings is 1. The minimum Gasteiger partial charge on any atom is -0.313 e. The maximum atomic E-state index is 3.68. The molecular weight excluding hydrogens is 234 g/mol. The van der Waals surface area contributed by atoms with Crippen LogP contribution >= 0.6 is 0 Å². The van der Waals surface area contributed by atoms with Crippen LogP contribution in [-0.2, 0) is 0 Å². The molecule has 1 rings (SSSR count). The van der Waals surface area contributed by atoms with Crippen LogP contribution in [0, 0.1) is 5.92 Å². The smallest absolute Gasteiger partial charge is 0.0197 e. The van der Waals surface area contributed by atoms with E-state index in [1.165, 1.54) is 65.1 Å². The van der Waals surface area contributed by atoms with Crippen LogP contribution in [0.4, 0.5) is 0 Å². The SMILES string of the molecule is CCN(CC)CCCN(CC)CC1CC(C)CCN1. The Morgan fingerprint density at radius 2 is 1.63 bits per heavy atom. The van der Waals surface area contributed by atoms with Crippen molar-refractivity contribution in [2.24, 2.45) is 5.92 Å². The maximum Gasteiger partial charge on any atom is 0.0197 e. The van der Waals surface area contributed by atoms with E-state index >= 15 is 0 Å². The quantitative estimate of drug-likeness (QED) is 0.693. The van der Waals surface area contributed by atoms with Gasteiger partial charge in [0.15, 0.2) is 0 Å². The molecule has 19 heavy (non-hydrogen) atoms. The average Bonchev–Trinajstić information content (AvgIpc) is 2.42. The Hall–Kier alpha value is -0.120. The molecule has 0 bridgehead atoms. The standard InChI is InChI=1S/C16H35N3/c1-5-18(6-2)11-8-12-19(7-3)14-16-13-15(4)9-10-17-16/h15-17H,5-14H2,1-4H3. The van der Waals surface area contributed by atoms with Gasteiger partial charge in [0.05, 0.1) is 0 Å². The van der Waals surface area contributed by atoms with E-state index in [1.54, 1.807) is 0 Å². The summed E-state index contributed by atoms with van der Waals surface area (Å²) in [5.74, 6) is 0.903. The summed E-state index contributed by atoms with van der Waals surface area (Å²) in [7, 11) is 0. The van der Waals surface area contributed by atoms with Gasteiger partial charge in [0.2, 0.25) is 0 Å². The lowest BCUT2D eigenvalue weighted by Crippen LogP contribution is -2.46. The molecule has 0 aliphatic carbocycles. The molecule has 3 heteroatoms. The van der Waals surface area contributed by atoms with Crippen molar-refractivity contribution >= 4 is 0 Å². The molecule has 3 nitrogen and oxygen atoms in total. The van der Waals surface area contributed by atoms with Gasteiger partial charge in [-0.2, -0.15) is 0 Å². The Morgan fingerprint density at radius 1 is 1.00 bits per heavy atom. The van der Waals surface area contributed by atoms with Crippen LogP contribution in [0.1, 0.15) is 47.0 Å². The predicted molar refractivity (Wildman–Crippen MR) is 84.7 cm³/mol. The van der Waals surface area contributed by atoms with Crippen LogP contribution in [0.25, 0.3) is 0 Å². The van der Waals surface area contributed by atoms with Gasteiger partial charge >= 0.3 is 0 Å². The minimum absolute atomic E-state index is 0.720. The fraction of sp³-hybridized carbons (Fsp3) is 1.00. The van der Waals surface area contributed by atoms with Crippen molar-refractivity contribution < 1.29 is 0 Å². The summed E-state index contributed by atoms with van der Waals surface area (Å²) in [6.07, 6.45) is 4.01. The van der Waals surface area contributed by atoms with E-state index in [9.17, 15) is 0 Å². The zero-order valence-electron chi connectivity index (χ0n) is 13.6. The summed E-state index contributed by atoms with van der Waals surface area (Å²) in [5, 5.41) is 3.68. The molecule has 0 aromatic heterocycles. The van der Waals surface area contributed by atoms with E-state index in [0.29, 0.717) is 0 Å². The van der Waals surface area contributed by atoms with E-state index < -0.39 is 0 Å². The lowest BCUT2D eigenvalue weighted by molar-refractivity contribution is 0.199. The Labute approximate surface area is 120 Å². The Kier molecular flexibility index (Phi) is 8.67. The van der Waals surface area contributed by atoms with Gasteiger partial charge < -0.3 is 15.1 Å². The highest BCUT2D eigenvalue weighted by Crippen LogP contribution is 2.15. The van der Waals surface area contributed by atoms with Crippen LogP contribution in [0.3, 0.4) is 0 Å². The average molecular weight is 269 g/mol. The zero-order valence-corrected chi connectivity index (χ0v) is 13.6. The van der Waals surface area contributed by atoms with E-state index in [4.69, 9.17) is 0 Å². The number of hydrogen-bond acceptors (Lipinski definition) is 3. The lowest BCUT2D eigenvalue weighted by Gasteiger charge is -2.33. The van der Waals surface area contributed by atoms with Gasteiger partial charge in [-0.1, -0.05) is 27.7 Å². The van der Waals surface area contributed by atoms with E-state index in [0.717, 1.165) is 12.0 Å². The van der Waals surface area contributed by atoms with Gasteiger partial charge in [0, 0.05) is 12.6 Å². The fourth-order valence-electron chi connectivity index (χ4n) is 3.11. The second-order valence-corrected chi connectivity index (χ2v) is 6.05. The van der Waals surface area contributed by atoms with Gasteiger partial charge in [-0.3, -0.25) is 0 Å². The Bertz CT molecular complexity index is 216. The van der Waals surface area contributed by atoms with E-state index in [-0.39, 0.29) is 0 Å². The molecule has 0 spiro atoms. The van der Waals surface area contributed by atoms with Crippen molar-refractivity contribution in [3.05, 3.63) is 0 Å². The fourth-order valence-corrected chi connectivity index (χ4v) is 3.11. The third kappa shape index (κ3) is 6.73. The first-order valence-electron chi connectivity index (χ1n) is 8.37. The lowest BCUT2D eigenvalue weighted by atomic mass is 9.94. The molecule has 1 aliphatic rings. The molecule has 0 aromatic rings. The number of likely N-dealkylation sites (N-methyl/N-ethyl adjacent to an activating group) is 1. The molecule has 0 amide bonds. The normalized spacial score (nSPS) is 24.3. The summed E-state index contributed by atoms with van der Waals surface area (Å²) in [6, 6.07) is 0.720. The van der Waals surface area contributed by atoms with Crippen LogP contribution in [0.15, 0.2) is 0 Å². The summed E-state index contributed by atoms with van der Waals surface area (Å²) in [5.41, 5.74) is 0. The molecule has 1 heterocycles. The van der Waals surface area contributed by atoms with Crippen molar-refractivity contribution in [3.8, 4) is 0 Å². The number of nitrogens with one attached hydrogen (secondary N) is 1. The molecule has 1 saturated heterocycles. The largest absolute Gasteiger partial charge is 0.313 e. The predicted octanol–water partition coefficient (Wildman–Crippen LogP) is 2.43. The van der Waals surface area contributed by atoms with Gasteiger partial charge in [0.1, 0.15) is 0 Å². The Balaban J connectivity index is 2.21. The zero-order chi connectivity index (χ0) is 14.1. The molecule has 0 saturated carbocycles. The third-order valence-corrected chi connectivity index (χ3v) is 4.53. The first kappa shape index (κ1) is 16.9. The van der Waals surface area contributed by atoms with E-state index in [2.05, 4.69) is 42.8 Å². The third-order valence-electron chi connectivity index (χ3n) is 4.53. The van der Waals surface area contributed by atoms with Gasteiger partial charge in [-0.15, -0.1) is 0 Å². The summed E-state index contributed by atoms with van der Waals surface area (Å²) in [4.78, 5) is 5.15. The van der Waals surface area contributed by atoms with Crippen LogP contribution in [0.2, 0.25) is 0 Å². The molecule has 2 unspecified atom stereocenters. The second-order valence-electron chi connectivity index (χ2n) is 6.05. The van der Waals surface area contributed by atoms with Crippen molar-refractivity contribution in [1.29, 1.82) is 0 Å². The van der Waals surface area contributed by atoms with Gasteiger partial charge in [-0.25, -0.2) is 0 Å².